The van der Waals surface area contributed by atoms with Gasteiger partial charge in [-0.2, -0.15) is 5.26 Å². The van der Waals surface area contributed by atoms with E-state index in [4.69, 9.17) is 10.00 Å². The summed E-state index contributed by atoms with van der Waals surface area (Å²) >= 11 is 0. The Bertz CT molecular complexity index is 347. The van der Waals surface area contributed by atoms with Crippen molar-refractivity contribution in [2.24, 2.45) is 5.41 Å². The summed E-state index contributed by atoms with van der Waals surface area (Å²) in [5.74, 6) is 0.513. The quantitative estimate of drug-likeness (QED) is 0.719. The first-order chi connectivity index (χ1) is 6.51. The molecule has 0 saturated carbocycles. The molecule has 0 aliphatic heterocycles. The summed E-state index contributed by atoms with van der Waals surface area (Å²) in [6, 6.07) is 7.15. The molecule has 0 atom stereocenters. The predicted molar refractivity (Wildman–Crippen MR) is 53.9 cm³/mol. The van der Waals surface area contributed by atoms with E-state index in [2.05, 4.69) is 25.8 Å². The minimum absolute atomic E-state index is 0.102. The fraction of sp³-hybridized carbons (Fsp3) is 0.455. The maximum absolute atomic E-state index is 8.62. The van der Waals surface area contributed by atoms with Crippen LogP contribution >= 0.6 is 0 Å². The van der Waals surface area contributed by atoms with Crippen LogP contribution in [0.5, 0.6) is 5.88 Å². The van der Waals surface area contributed by atoms with Crippen LogP contribution in [0, 0.1) is 16.7 Å². The van der Waals surface area contributed by atoms with E-state index in [1.54, 1.807) is 18.2 Å². The van der Waals surface area contributed by atoms with Crippen molar-refractivity contribution in [1.82, 2.24) is 4.98 Å². The van der Waals surface area contributed by atoms with Crippen LogP contribution in [0.3, 0.4) is 0 Å². The van der Waals surface area contributed by atoms with Gasteiger partial charge in [-0.3, -0.25) is 0 Å². The smallest absolute Gasteiger partial charge is 0.214 e. The van der Waals surface area contributed by atoms with E-state index in [1.165, 1.54) is 0 Å². The molecule has 0 aliphatic carbocycles. The van der Waals surface area contributed by atoms with Gasteiger partial charge in [0.05, 0.1) is 6.61 Å². The minimum Gasteiger partial charge on any atom is -0.477 e. The Morgan fingerprint density at radius 1 is 1.43 bits per heavy atom. The molecule has 1 aromatic heterocycles. The molecule has 3 nitrogen and oxygen atoms in total. The molecule has 0 fully saturated rings. The van der Waals surface area contributed by atoms with Crippen LogP contribution in [0.15, 0.2) is 18.2 Å². The topological polar surface area (TPSA) is 45.9 Å². The Balaban J connectivity index is 2.65. The summed E-state index contributed by atoms with van der Waals surface area (Å²) in [4.78, 5) is 4.01. The fourth-order valence-electron chi connectivity index (χ4n) is 0.848. The molecular formula is C11H14N2O. The van der Waals surface area contributed by atoms with E-state index >= 15 is 0 Å². The Labute approximate surface area is 84.3 Å². The molecule has 74 valence electrons. The monoisotopic (exact) mass is 190 g/mol. The zero-order chi connectivity index (χ0) is 10.6. The second-order valence-electron chi connectivity index (χ2n) is 4.32. The van der Waals surface area contributed by atoms with Crippen LogP contribution in [-0.2, 0) is 0 Å². The van der Waals surface area contributed by atoms with E-state index in [0.717, 1.165) is 0 Å². The zero-order valence-corrected chi connectivity index (χ0v) is 8.74. The summed E-state index contributed by atoms with van der Waals surface area (Å²) in [5, 5.41) is 8.62. The van der Waals surface area contributed by atoms with Gasteiger partial charge in [0.15, 0.2) is 0 Å². The Morgan fingerprint density at radius 3 is 2.71 bits per heavy atom. The lowest BCUT2D eigenvalue weighted by Gasteiger charge is -2.18. The van der Waals surface area contributed by atoms with Crippen LogP contribution < -0.4 is 4.74 Å². The molecule has 0 radical (unpaired) electrons. The van der Waals surface area contributed by atoms with Crippen LogP contribution in [-0.4, -0.2) is 11.6 Å². The highest BCUT2D eigenvalue weighted by Gasteiger charge is 2.11. The molecule has 3 heteroatoms. The maximum atomic E-state index is 8.62. The number of nitrogens with zero attached hydrogens (tertiary/aromatic N) is 2. The van der Waals surface area contributed by atoms with Crippen LogP contribution in [0.4, 0.5) is 0 Å². The molecule has 1 aromatic rings. The van der Waals surface area contributed by atoms with Gasteiger partial charge < -0.3 is 4.74 Å². The van der Waals surface area contributed by atoms with Gasteiger partial charge in [0.1, 0.15) is 11.8 Å². The first kappa shape index (κ1) is 10.5. The average Bonchev–Trinajstić information content (AvgIpc) is 2.14. The normalized spacial score (nSPS) is 10.7. The zero-order valence-electron chi connectivity index (χ0n) is 8.74. The standard InChI is InChI=1S/C11H14N2O/c1-11(2,3)8-14-10-6-4-5-9(7-12)13-10/h4-6H,8H2,1-3H3. The van der Waals surface area contributed by atoms with Crippen molar-refractivity contribution in [3.8, 4) is 11.9 Å². The van der Waals surface area contributed by atoms with E-state index < -0.39 is 0 Å². The molecule has 0 aromatic carbocycles. The first-order valence-electron chi connectivity index (χ1n) is 4.51. The molecule has 1 rings (SSSR count). The minimum atomic E-state index is 0.102. The molecule has 0 bridgehead atoms. The van der Waals surface area contributed by atoms with Crippen molar-refractivity contribution in [2.75, 3.05) is 6.61 Å². The molecule has 0 aliphatic rings. The highest BCUT2D eigenvalue weighted by molar-refractivity contribution is 5.24. The van der Waals surface area contributed by atoms with Gasteiger partial charge in [-0.1, -0.05) is 26.8 Å². The molecule has 1 heterocycles. The van der Waals surface area contributed by atoms with Crippen molar-refractivity contribution in [1.29, 1.82) is 5.26 Å². The Morgan fingerprint density at radius 2 is 2.14 bits per heavy atom. The van der Waals surface area contributed by atoms with Crippen molar-refractivity contribution in [3.63, 3.8) is 0 Å². The van der Waals surface area contributed by atoms with Gasteiger partial charge in [0.25, 0.3) is 0 Å². The van der Waals surface area contributed by atoms with E-state index in [1.807, 2.05) is 6.07 Å². The number of pyridine rings is 1. The van der Waals surface area contributed by atoms with E-state index in [-0.39, 0.29) is 5.41 Å². The largest absolute Gasteiger partial charge is 0.477 e. The first-order valence-corrected chi connectivity index (χ1v) is 4.51. The van der Waals surface area contributed by atoms with Crippen molar-refractivity contribution in [2.45, 2.75) is 20.8 Å². The van der Waals surface area contributed by atoms with Crippen LogP contribution in [0.2, 0.25) is 0 Å². The Kier molecular flexibility index (Phi) is 3.08. The van der Waals surface area contributed by atoms with Gasteiger partial charge in [-0.05, 0) is 11.5 Å². The second-order valence-corrected chi connectivity index (χ2v) is 4.32. The third-order valence-corrected chi connectivity index (χ3v) is 1.49. The number of ether oxygens (including phenoxy) is 1. The van der Waals surface area contributed by atoms with Crippen LogP contribution in [0.25, 0.3) is 0 Å². The summed E-state index contributed by atoms with van der Waals surface area (Å²) in [7, 11) is 0. The third-order valence-electron chi connectivity index (χ3n) is 1.49. The molecule has 14 heavy (non-hydrogen) atoms. The summed E-state index contributed by atoms with van der Waals surface area (Å²) in [5.41, 5.74) is 0.487. The molecule has 0 N–H and O–H groups in total. The molecular weight excluding hydrogens is 176 g/mol. The number of nitriles is 1. The lowest BCUT2D eigenvalue weighted by atomic mass is 9.99. The molecule has 0 saturated heterocycles. The maximum Gasteiger partial charge on any atom is 0.214 e. The summed E-state index contributed by atoms with van der Waals surface area (Å²) in [6.45, 7) is 6.85. The van der Waals surface area contributed by atoms with E-state index in [9.17, 15) is 0 Å². The van der Waals surface area contributed by atoms with Crippen molar-refractivity contribution in [3.05, 3.63) is 23.9 Å². The molecule has 0 amide bonds. The SMILES string of the molecule is CC(C)(C)COc1cccc(C#N)n1. The highest BCUT2D eigenvalue weighted by atomic mass is 16.5. The average molecular weight is 190 g/mol. The number of hydrogen-bond acceptors (Lipinski definition) is 3. The van der Waals surface area contributed by atoms with Gasteiger partial charge in [-0.25, -0.2) is 4.98 Å². The highest BCUT2D eigenvalue weighted by Crippen LogP contribution is 2.15. The third kappa shape index (κ3) is 3.44. The number of aromatic nitrogens is 1. The number of rotatable bonds is 2. The van der Waals surface area contributed by atoms with Gasteiger partial charge in [0, 0.05) is 6.07 Å². The predicted octanol–water partition coefficient (Wildman–Crippen LogP) is 2.38. The summed E-state index contributed by atoms with van der Waals surface area (Å²) < 4.78 is 5.45. The van der Waals surface area contributed by atoms with Gasteiger partial charge in [0.2, 0.25) is 5.88 Å². The van der Waals surface area contributed by atoms with Crippen LogP contribution in [0.1, 0.15) is 26.5 Å². The Hall–Kier alpha value is -1.56. The number of hydrogen-bond donors (Lipinski definition) is 0. The van der Waals surface area contributed by atoms with Gasteiger partial charge >= 0.3 is 0 Å². The second kappa shape index (κ2) is 4.10. The molecule has 0 spiro atoms. The van der Waals surface area contributed by atoms with Crippen molar-refractivity contribution >= 4 is 0 Å². The lowest BCUT2D eigenvalue weighted by Crippen LogP contribution is -2.17. The van der Waals surface area contributed by atoms with Gasteiger partial charge in [-0.15, -0.1) is 0 Å². The molecule has 0 unspecified atom stereocenters. The lowest BCUT2D eigenvalue weighted by molar-refractivity contribution is 0.191. The van der Waals surface area contributed by atoms with E-state index in [0.29, 0.717) is 18.2 Å². The summed E-state index contributed by atoms with van der Waals surface area (Å²) in [6.07, 6.45) is 0. The van der Waals surface area contributed by atoms with Crippen molar-refractivity contribution < 1.29 is 4.74 Å². The fourth-order valence-corrected chi connectivity index (χ4v) is 0.848.